The molecule has 86 valence electrons. The molecule has 0 aromatic rings. The van der Waals surface area contributed by atoms with Crippen molar-refractivity contribution >= 4 is 5.97 Å². The first-order valence-electron chi connectivity index (χ1n) is 5.28. The number of nitriles is 1. The summed E-state index contributed by atoms with van der Waals surface area (Å²) in [6.07, 6.45) is 3.67. The third-order valence-corrected chi connectivity index (χ3v) is 2.67. The second kappa shape index (κ2) is 4.52. The summed E-state index contributed by atoms with van der Waals surface area (Å²) in [5.74, 6) is -0.542. The maximum absolute atomic E-state index is 11.4. The Kier molecular flexibility index (Phi) is 3.54. The van der Waals surface area contributed by atoms with E-state index in [1.807, 2.05) is 19.1 Å². The Morgan fingerprint density at radius 1 is 1.50 bits per heavy atom. The Labute approximate surface area is 96.4 Å². The van der Waals surface area contributed by atoms with Crippen molar-refractivity contribution < 1.29 is 9.53 Å². The second-order valence-electron chi connectivity index (χ2n) is 5.01. The van der Waals surface area contributed by atoms with Crippen molar-refractivity contribution in [2.75, 3.05) is 7.11 Å². The van der Waals surface area contributed by atoms with Crippen LogP contribution < -0.4 is 0 Å². The molecule has 0 bridgehead atoms. The molecule has 0 amide bonds. The maximum atomic E-state index is 11.4. The van der Waals surface area contributed by atoms with Crippen LogP contribution in [0.25, 0.3) is 0 Å². The molecular weight excluding hydrogens is 202 g/mol. The Morgan fingerprint density at radius 2 is 2.12 bits per heavy atom. The van der Waals surface area contributed by atoms with Gasteiger partial charge in [0, 0.05) is 0 Å². The molecule has 1 rings (SSSR count). The summed E-state index contributed by atoms with van der Waals surface area (Å²) in [5, 5.41) is 9.00. The van der Waals surface area contributed by atoms with Crippen molar-refractivity contribution in [3.05, 3.63) is 22.8 Å². The minimum atomic E-state index is -0.542. The van der Waals surface area contributed by atoms with Gasteiger partial charge >= 0.3 is 5.97 Å². The van der Waals surface area contributed by atoms with Crippen molar-refractivity contribution in [3.63, 3.8) is 0 Å². The molecule has 0 aliphatic heterocycles. The highest BCUT2D eigenvalue weighted by atomic mass is 16.5. The molecule has 0 saturated carbocycles. The number of carbonyl (C=O) groups excluding carboxylic acids is 1. The fourth-order valence-electron chi connectivity index (χ4n) is 2.24. The van der Waals surface area contributed by atoms with Crippen LogP contribution in [0.1, 0.15) is 33.6 Å². The van der Waals surface area contributed by atoms with Gasteiger partial charge < -0.3 is 4.74 Å². The summed E-state index contributed by atoms with van der Waals surface area (Å²) in [6, 6.07) is 1.94. The van der Waals surface area contributed by atoms with E-state index in [0.717, 1.165) is 18.4 Å². The fourth-order valence-corrected chi connectivity index (χ4v) is 2.24. The molecule has 0 N–H and O–H groups in total. The zero-order chi connectivity index (χ0) is 12.3. The zero-order valence-corrected chi connectivity index (χ0v) is 10.3. The molecule has 1 aliphatic carbocycles. The summed E-state index contributed by atoms with van der Waals surface area (Å²) >= 11 is 0. The summed E-state index contributed by atoms with van der Waals surface area (Å²) in [6.45, 7) is 6.29. The predicted molar refractivity (Wildman–Crippen MR) is 61.4 cm³/mol. The van der Waals surface area contributed by atoms with E-state index in [9.17, 15) is 4.79 Å². The van der Waals surface area contributed by atoms with Crippen molar-refractivity contribution in [3.8, 4) is 6.07 Å². The number of hydrogen-bond donors (Lipinski definition) is 0. The SMILES string of the molecule is COC(=O)C(C#N)=C1C=C(C)CC(C)(C)C1. The number of nitrogens with zero attached hydrogens (tertiary/aromatic N) is 1. The van der Waals surface area contributed by atoms with Gasteiger partial charge in [-0.25, -0.2) is 4.79 Å². The first kappa shape index (κ1) is 12.5. The van der Waals surface area contributed by atoms with Gasteiger partial charge in [0.25, 0.3) is 0 Å². The molecule has 0 aromatic carbocycles. The average Bonchev–Trinajstić information content (AvgIpc) is 2.15. The summed E-state index contributed by atoms with van der Waals surface area (Å²) < 4.78 is 4.61. The highest BCUT2D eigenvalue weighted by Crippen LogP contribution is 2.38. The van der Waals surface area contributed by atoms with Gasteiger partial charge in [-0.15, -0.1) is 0 Å². The largest absolute Gasteiger partial charge is 0.465 e. The van der Waals surface area contributed by atoms with E-state index >= 15 is 0 Å². The Hall–Kier alpha value is -1.56. The highest BCUT2D eigenvalue weighted by Gasteiger charge is 2.27. The zero-order valence-electron chi connectivity index (χ0n) is 10.3. The molecule has 0 unspecified atom stereocenters. The van der Waals surface area contributed by atoms with Crippen molar-refractivity contribution in [2.45, 2.75) is 33.6 Å². The molecule has 3 nitrogen and oxygen atoms in total. The molecule has 3 heteroatoms. The van der Waals surface area contributed by atoms with E-state index in [1.165, 1.54) is 12.7 Å². The highest BCUT2D eigenvalue weighted by molar-refractivity contribution is 5.94. The molecule has 0 heterocycles. The lowest BCUT2D eigenvalue weighted by Crippen LogP contribution is -2.19. The Balaban J connectivity index is 3.21. The smallest absolute Gasteiger partial charge is 0.348 e. The number of esters is 1. The molecule has 16 heavy (non-hydrogen) atoms. The summed E-state index contributed by atoms with van der Waals surface area (Å²) in [7, 11) is 1.30. The maximum Gasteiger partial charge on any atom is 0.348 e. The fraction of sp³-hybridized carbons (Fsp3) is 0.538. The number of carbonyl (C=O) groups is 1. The van der Waals surface area contributed by atoms with E-state index in [2.05, 4.69) is 18.6 Å². The van der Waals surface area contributed by atoms with Crippen LogP contribution in [0.3, 0.4) is 0 Å². The van der Waals surface area contributed by atoms with E-state index < -0.39 is 5.97 Å². The quantitative estimate of drug-likeness (QED) is 0.387. The minimum absolute atomic E-state index is 0.101. The van der Waals surface area contributed by atoms with Crippen molar-refractivity contribution in [2.24, 2.45) is 5.41 Å². The first-order chi connectivity index (χ1) is 7.39. The van der Waals surface area contributed by atoms with Crippen LogP contribution in [-0.2, 0) is 9.53 Å². The van der Waals surface area contributed by atoms with Gasteiger partial charge in [-0.1, -0.05) is 25.5 Å². The van der Waals surface area contributed by atoms with E-state index in [-0.39, 0.29) is 11.0 Å². The van der Waals surface area contributed by atoms with Gasteiger partial charge in [0.05, 0.1) is 7.11 Å². The predicted octanol–water partition coefficient (Wildman–Crippen LogP) is 2.75. The van der Waals surface area contributed by atoms with Crippen LogP contribution in [0, 0.1) is 16.7 Å². The van der Waals surface area contributed by atoms with Gasteiger partial charge in [-0.2, -0.15) is 5.26 Å². The average molecular weight is 219 g/mol. The van der Waals surface area contributed by atoms with Crippen LogP contribution in [0.15, 0.2) is 22.8 Å². The van der Waals surface area contributed by atoms with Gasteiger partial charge in [-0.3, -0.25) is 0 Å². The minimum Gasteiger partial charge on any atom is -0.465 e. The van der Waals surface area contributed by atoms with E-state index in [1.54, 1.807) is 0 Å². The molecule has 0 atom stereocenters. The summed E-state index contributed by atoms with van der Waals surface area (Å²) in [5.41, 5.74) is 2.23. The molecule has 0 fully saturated rings. The number of hydrogen-bond acceptors (Lipinski definition) is 3. The standard InChI is InChI=1S/C13H17NO2/c1-9-5-10(7-13(2,3)6-9)11(8-14)12(15)16-4/h5H,6-7H2,1-4H3. The van der Waals surface area contributed by atoms with Crippen LogP contribution in [0.2, 0.25) is 0 Å². The molecule has 0 spiro atoms. The van der Waals surface area contributed by atoms with Gasteiger partial charge in [-0.05, 0) is 30.8 Å². The van der Waals surface area contributed by atoms with Gasteiger partial charge in [0.15, 0.2) is 0 Å². The topological polar surface area (TPSA) is 50.1 Å². The molecule has 0 aromatic heterocycles. The Bertz CT molecular complexity index is 408. The molecule has 0 radical (unpaired) electrons. The Morgan fingerprint density at radius 3 is 2.56 bits per heavy atom. The van der Waals surface area contributed by atoms with E-state index in [4.69, 9.17) is 5.26 Å². The lowest BCUT2D eigenvalue weighted by molar-refractivity contribution is -0.135. The third-order valence-electron chi connectivity index (χ3n) is 2.67. The summed E-state index contributed by atoms with van der Waals surface area (Å²) in [4.78, 5) is 11.4. The van der Waals surface area contributed by atoms with Crippen molar-refractivity contribution in [1.82, 2.24) is 0 Å². The lowest BCUT2D eigenvalue weighted by atomic mass is 9.74. The lowest BCUT2D eigenvalue weighted by Gasteiger charge is -2.30. The van der Waals surface area contributed by atoms with E-state index in [0.29, 0.717) is 0 Å². The molecular formula is C13H17NO2. The number of ether oxygens (including phenoxy) is 1. The number of methoxy groups -OCH3 is 1. The van der Waals surface area contributed by atoms with Gasteiger partial charge in [0.1, 0.15) is 11.6 Å². The van der Waals surface area contributed by atoms with Crippen molar-refractivity contribution in [1.29, 1.82) is 5.26 Å². The van der Waals surface area contributed by atoms with Gasteiger partial charge in [0.2, 0.25) is 0 Å². The monoisotopic (exact) mass is 219 g/mol. The van der Waals surface area contributed by atoms with Crippen LogP contribution in [0.4, 0.5) is 0 Å². The first-order valence-corrected chi connectivity index (χ1v) is 5.28. The number of rotatable bonds is 1. The van der Waals surface area contributed by atoms with Crippen LogP contribution in [0.5, 0.6) is 0 Å². The number of allylic oxidation sites excluding steroid dienone is 3. The molecule has 1 aliphatic rings. The molecule has 0 saturated heterocycles. The van der Waals surface area contributed by atoms with Crippen LogP contribution >= 0.6 is 0 Å². The van der Waals surface area contributed by atoms with Crippen LogP contribution in [-0.4, -0.2) is 13.1 Å². The normalized spacial score (nSPS) is 21.8. The third kappa shape index (κ3) is 2.73. The second-order valence-corrected chi connectivity index (χ2v) is 5.01.